The Morgan fingerprint density at radius 1 is 1.17 bits per heavy atom. The minimum atomic E-state index is -0.627. The smallest absolute Gasteiger partial charge is 0.261 e. The third kappa shape index (κ3) is 4.01. The highest BCUT2D eigenvalue weighted by atomic mass is 35.5. The molecule has 0 bridgehead atoms. The van der Waals surface area contributed by atoms with E-state index < -0.39 is 6.10 Å². The second kappa shape index (κ2) is 7.43. The number of ether oxygens (including phenoxy) is 1. The van der Waals surface area contributed by atoms with Gasteiger partial charge < -0.3 is 15.4 Å². The lowest BCUT2D eigenvalue weighted by Gasteiger charge is -2.15. The second-order valence-electron chi connectivity index (χ2n) is 5.76. The number of fused-ring (bicyclic) bond motifs is 1. The van der Waals surface area contributed by atoms with Gasteiger partial charge in [0.1, 0.15) is 5.75 Å². The average molecular weight is 365 g/mol. The molecule has 1 aliphatic rings. The van der Waals surface area contributed by atoms with E-state index >= 15 is 0 Å². The standard InChI is InChI=1S/C18H18Cl2N2O2/c1-11(24-15-4-5-16(19)17(20)7-15)18(23)22-8-12-2-3-13-9-21-10-14(13)6-12/h2-7,11,21H,8-10H2,1H3,(H,22,23). The number of rotatable bonds is 5. The van der Waals surface area contributed by atoms with E-state index in [0.717, 1.165) is 18.7 Å². The SMILES string of the molecule is CC(Oc1ccc(Cl)c(Cl)c1)C(=O)NCc1ccc2c(c1)CNC2. The Kier molecular flexibility index (Phi) is 5.29. The van der Waals surface area contributed by atoms with Gasteiger partial charge in [0, 0.05) is 25.7 Å². The first-order valence-electron chi connectivity index (χ1n) is 7.74. The van der Waals surface area contributed by atoms with Crippen molar-refractivity contribution < 1.29 is 9.53 Å². The van der Waals surface area contributed by atoms with Crippen LogP contribution in [0.15, 0.2) is 36.4 Å². The summed E-state index contributed by atoms with van der Waals surface area (Å²) in [5, 5.41) is 7.05. The van der Waals surface area contributed by atoms with Crippen molar-refractivity contribution in [3.8, 4) is 5.75 Å². The zero-order valence-corrected chi connectivity index (χ0v) is 14.7. The van der Waals surface area contributed by atoms with Crippen LogP contribution in [-0.4, -0.2) is 12.0 Å². The monoisotopic (exact) mass is 364 g/mol. The fourth-order valence-corrected chi connectivity index (χ4v) is 2.89. The summed E-state index contributed by atoms with van der Waals surface area (Å²) in [6.07, 6.45) is -0.627. The number of carbonyl (C=O) groups excluding carboxylic acids is 1. The van der Waals surface area contributed by atoms with E-state index in [-0.39, 0.29) is 5.91 Å². The highest BCUT2D eigenvalue weighted by Gasteiger charge is 2.16. The Bertz CT molecular complexity index is 765. The van der Waals surface area contributed by atoms with Gasteiger partial charge in [-0.05, 0) is 35.7 Å². The van der Waals surface area contributed by atoms with Gasteiger partial charge in [0.05, 0.1) is 10.0 Å². The third-order valence-electron chi connectivity index (χ3n) is 3.94. The molecule has 0 spiro atoms. The van der Waals surface area contributed by atoms with E-state index in [0.29, 0.717) is 22.3 Å². The van der Waals surface area contributed by atoms with Crippen LogP contribution in [0.1, 0.15) is 23.6 Å². The molecule has 0 saturated heterocycles. The Labute approximate surface area is 151 Å². The molecule has 6 heteroatoms. The predicted octanol–water partition coefficient (Wildman–Crippen LogP) is 3.68. The minimum absolute atomic E-state index is 0.181. The first-order valence-corrected chi connectivity index (χ1v) is 8.49. The number of hydrogen-bond donors (Lipinski definition) is 2. The van der Waals surface area contributed by atoms with Gasteiger partial charge in [-0.3, -0.25) is 4.79 Å². The van der Waals surface area contributed by atoms with Crippen LogP contribution in [0.25, 0.3) is 0 Å². The van der Waals surface area contributed by atoms with E-state index in [1.807, 2.05) is 6.07 Å². The molecule has 1 heterocycles. The van der Waals surface area contributed by atoms with Crippen LogP contribution in [-0.2, 0) is 24.4 Å². The Morgan fingerprint density at radius 3 is 2.75 bits per heavy atom. The summed E-state index contributed by atoms with van der Waals surface area (Å²) >= 11 is 11.8. The van der Waals surface area contributed by atoms with E-state index in [2.05, 4.69) is 22.8 Å². The summed E-state index contributed by atoms with van der Waals surface area (Å²) in [6.45, 7) is 3.97. The first kappa shape index (κ1) is 17.1. The van der Waals surface area contributed by atoms with Crippen molar-refractivity contribution in [3.63, 3.8) is 0 Å². The van der Waals surface area contributed by atoms with Gasteiger partial charge in [-0.1, -0.05) is 41.4 Å². The molecule has 0 saturated carbocycles. The molecule has 1 atom stereocenters. The molecule has 2 aromatic rings. The van der Waals surface area contributed by atoms with Crippen molar-refractivity contribution >= 4 is 29.1 Å². The number of halogens is 2. The van der Waals surface area contributed by atoms with Gasteiger partial charge in [0.15, 0.2) is 6.10 Å². The van der Waals surface area contributed by atoms with Gasteiger partial charge in [-0.2, -0.15) is 0 Å². The van der Waals surface area contributed by atoms with Crippen molar-refractivity contribution in [2.45, 2.75) is 32.7 Å². The molecule has 1 unspecified atom stereocenters. The largest absolute Gasteiger partial charge is 0.481 e. The van der Waals surface area contributed by atoms with E-state index in [1.165, 1.54) is 11.1 Å². The number of hydrogen-bond acceptors (Lipinski definition) is 3. The van der Waals surface area contributed by atoms with Crippen molar-refractivity contribution in [2.24, 2.45) is 0 Å². The molecule has 0 radical (unpaired) electrons. The maximum absolute atomic E-state index is 12.2. The average Bonchev–Trinajstić information content (AvgIpc) is 3.03. The van der Waals surface area contributed by atoms with Crippen LogP contribution in [0.4, 0.5) is 0 Å². The maximum atomic E-state index is 12.2. The van der Waals surface area contributed by atoms with E-state index in [1.54, 1.807) is 25.1 Å². The summed E-state index contributed by atoms with van der Waals surface area (Å²) in [5.41, 5.74) is 3.69. The Balaban J connectivity index is 1.55. The zero-order chi connectivity index (χ0) is 17.1. The van der Waals surface area contributed by atoms with Crippen molar-refractivity contribution in [1.29, 1.82) is 0 Å². The third-order valence-corrected chi connectivity index (χ3v) is 4.68. The molecule has 2 N–H and O–H groups in total. The summed E-state index contributed by atoms with van der Waals surface area (Å²) in [6, 6.07) is 11.2. The second-order valence-corrected chi connectivity index (χ2v) is 6.57. The van der Waals surface area contributed by atoms with Crippen LogP contribution < -0.4 is 15.4 Å². The van der Waals surface area contributed by atoms with Crippen LogP contribution in [0.5, 0.6) is 5.75 Å². The predicted molar refractivity (Wildman–Crippen MR) is 95.4 cm³/mol. The number of amides is 1. The number of carbonyl (C=O) groups is 1. The molecular weight excluding hydrogens is 347 g/mol. The van der Waals surface area contributed by atoms with E-state index in [9.17, 15) is 4.79 Å². The molecule has 1 aliphatic heterocycles. The van der Waals surface area contributed by atoms with Crippen LogP contribution in [0, 0.1) is 0 Å². The molecular formula is C18H18Cl2N2O2. The lowest BCUT2D eigenvalue weighted by Crippen LogP contribution is -2.35. The molecule has 0 fully saturated rings. The van der Waals surface area contributed by atoms with Crippen LogP contribution >= 0.6 is 23.2 Å². The van der Waals surface area contributed by atoms with Crippen LogP contribution in [0.3, 0.4) is 0 Å². The molecule has 0 aliphatic carbocycles. The molecule has 0 aromatic heterocycles. The van der Waals surface area contributed by atoms with Gasteiger partial charge in [0.25, 0.3) is 5.91 Å². The molecule has 126 valence electrons. The number of benzene rings is 2. The van der Waals surface area contributed by atoms with Crippen molar-refractivity contribution in [2.75, 3.05) is 0 Å². The van der Waals surface area contributed by atoms with Crippen molar-refractivity contribution in [3.05, 3.63) is 63.1 Å². The summed E-state index contributed by atoms with van der Waals surface area (Å²) in [4.78, 5) is 12.2. The highest BCUT2D eigenvalue weighted by Crippen LogP contribution is 2.26. The summed E-state index contributed by atoms with van der Waals surface area (Å²) < 4.78 is 5.61. The lowest BCUT2D eigenvalue weighted by molar-refractivity contribution is -0.127. The lowest BCUT2D eigenvalue weighted by atomic mass is 10.1. The molecule has 2 aromatic carbocycles. The summed E-state index contributed by atoms with van der Waals surface area (Å²) in [7, 11) is 0. The van der Waals surface area contributed by atoms with Gasteiger partial charge >= 0.3 is 0 Å². The quantitative estimate of drug-likeness (QED) is 0.850. The van der Waals surface area contributed by atoms with Crippen LogP contribution in [0.2, 0.25) is 10.0 Å². The van der Waals surface area contributed by atoms with Crippen molar-refractivity contribution in [1.82, 2.24) is 10.6 Å². The minimum Gasteiger partial charge on any atom is -0.481 e. The van der Waals surface area contributed by atoms with E-state index in [4.69, 9.17) is 27.9 Å². The zero-order valence-electron chi connectivity index (χ0n) is 13.2. The molecule has 1 amide bonds. The first-order chi connectivity index (χ1) is 11.5. The van der Waals surface area contributed by atoms with Gasteiger partial charge in [0.2, 0.25) is 0 Å². The molecule has 4 nitrogen and oxygen atoms in total. The Hall–Kier alpha value is -1.75. The fraction of sp³-hybridized carbons (Fsp3) is 0.278. The highest BCUT2D eigenvalue weighted by molar-refractivity contribution is 6.42. The topological polar surface area (TPSA) is 50.4 Å². The normalized spacial score (nSPS) is 14.1. The fourth-order valence-electron chi connectivity index (χ4n) is 2.60. The summed E-state index contributed by atoms with van der Waals surface area (Å²) in [5.74, 6) is 0.329. The Morgan fingerprint density at radius 2 is 1.96 bits per heavy atom. The van der Waals surface area contributed by atoms with Gasteiger partial charge in [-0.15, -0.1) is 0 Å². The maximum Gasteiger partial charge on any atom is 0.261 e. The molecule has 24 heavy (non-hydrogen) atoms. The number of nitrogens with one attached hydrogen (secondary N) is 2. The molecule has 3 rings (SSSR count). The van der Waals surface area contributed by atoms with Gasteiger partial charge in [-0.25, -0.2) is 0 Å².